The van der Waals surface area contributed by atoms with Crippen LogP contribution in [-0.2, 0) is 4.79 Å². The summed E-state index contributed by atoms with van der Waals surface area (Å²) in [5.41, 5.74) is 1.16. The molecule has 2 aromatic rings. The van der Waals surface area contributed by atoms with E-state index in [1.165, 1.54) is 0 Å². The lowest BCUT2D eigenvalue weighted by Gasteiger charge is -2.06. The van der Waals surface area contributed by atoms with Gasteiger partial charge in [0.15, 0.2) is 5.69 Å². The van der Waals surface area contributed by atoms with Gasteiger partial charge < -0.3 is 16.0 Å². The molecule has 0 fully saturated rings. The van der Waals surface area contributed by atoms with Crippen molar-refractivity contribution < 1.29 is 9.59 Å². The summed E-state index contributed by atoms with van der Waals surface area (Å²) >= 11 is 0. The summed E-state index contributed by atoms with van der Waals surface area (Å²) in [6.07, 6.45) is 0.250. The lowest BCUT2D eigenvalue weighted by molar-refractivity contribution is -0.120. The van der Waals surface area contributed by atoms with Gasteiger partial charge in [-0.2, -0.15) is 5.10 Å². The minimum absolute atomic E-state index is 0.0786. The van der Waals surface area contributed by atoms with Crippen LogP contribution in [0.25, 0.3) is 10.9 Å². The molecule has 7 heteroatoms. The predicted molar refractivity (Wildman–Crippen MR) is 84.6 cm³/mol. The van der Waals surface area contributed by atoms with E-state index in [9.17, 15) is 9.59 Å². The molecule has 0 atom stereocenters. The minimum atomic E-state index is -0.280. The number of hydrogen-bond acceptors (Lipinski definition) is 4. The first-order valence-corrected chi connectivity index (χ1v) is 7.41. The van der Waals surface area contributed by atoms with Crippen molar-refractivity contribution >= 4 is 22.7 Å². The summed E-state index contributed by atoms with van der Waals surface area (Å²) in [6.45, 7) is 4.51. The van der Waals surface area contributed by atoms with Gasteiger partial charge in [0.05, 0.1) is 5.52 Å². The Morgan fingerprint density at radius 3 is 2.77 bits per heavy atom. The minimum Gasteiger partial charge on any atom is -0.355 e. The Morgan fingerprint density at radius 1 is 1.14 bits per heavy atom. The average Bonchev–Trinajstić information content (AvgIpc) is 2.95. The Kier molecular flexibility index (Phi) is 5.91. The molecular weight excluding hydrogens is 282 g/mol. The van der Waals surface area contributed by atoms with Gasteiger partial charge in [-0.05, 0) is 12.6 Å². The van der Waals surface area contributed by atoms with Crippen molar-refractivity contribution in [1.29, 1.82) is 0 Å². The Balaban J connectivity index is 1.75. The normalized spacial score (nSPS) is 10.6. The summed E-state index contributed by atoms with van der Waals surface area (Å²) in [5, 5.41) is 16.2. The fourth-order valence-electron chi connectivity index (χ4n) is 2.07. The van der Waals surface area contributed by atoms with Crippen molar-refractivity contribution in [1.82, 2.24) is 26.1 Å². The number of nitrogens with zero attached hydrogens (tertiary/aromatic N) is 1. The van der Waals surface area contributed by atoms with E-state index in [2.05, 4.69) is 26.1 Å². The molecule has 0 saturated carbocycles. The van der Waals surface area contributed by atoms with Gasteiger partial charge in [-0.3, -0.25) is 14.7 Å². The second-order valence-electron chi connectivity index (χ2n) is 4.83. The SMILES string of the molecule is CCNCCNC(=O)CCNC(=O)c1n[nH]c2ccccc12. The van der Waals surface area contributed by atoms with E-state index in [0.29, 0.717) is 12.2 Å². The van der Waals surface area contributed by atoms with Gasteiger partial charge >= 0.3 is 0 Å². The van der Waals surface area contributed by atoms with Gasteiger partial charge in [0, 0.05) is 31.4 Å². The zero-order chi connectivity index (χ0) is 15.8. The summed E-state index contributed by atoms with van der Waals surface area (Å²) in [7, 11) is 0. The highest BCUT2D eigenvalue weighted by Crippen LogP contribution is 2.14. The number of carbonyl (C=O) groups is 2. The van der Waals surface area contributed by atoms with E-state index < -0.39 is 0 Å². The standard InChI is InChI=1S/C15H21N5O2/c1-2-16-9-10-17-13(21)7-8-18-15(22)14-11-5-3-4-6-12(11)19-20-14/h3-6,16H,2,7-10H2,1H3,(H,17,21)(H,18,22)(H,19,20). The van der Waals surface area contributed by atoms with Crippen LogP contribution < -0.4 is 16.0 Å². The van der Waals surface area contributed by atoms with Crippen LogP contribution in [0.3, 0.4) is 0 Å². The van der Waals surface area contributed by atoms with E-state index in [-0.39, 0.29) is 24.8 Å². The van der Waals surface area contributed by atoms with Gasteiger partial charge in [0.25, 0.3) is 5.91 Å². The van der Waals surface area contributed by atoms with E-state index in [4.69, 9.17) is 0 Å². The fraction of sp³-hybridized carbons (Fsp3) is 0.400. The number of aromatic nitrogens is 2. The lowest BCUT2D eigenvalue weighted by Crippen LogP contribution is -2.34. The number of hydrogen-bond donors (Lipinski definition) is 4. The van der Waals surface area contributed by atoms with E-state index in [1.54, 1.807) is 0 Å². The number of amides is 2. The summed E-state index contributed by atoms with van der Waals surface area (Å²) in [5.74, 6) is -0.358. The smallest absolute Gasteiger partial charge is 0.272 e. The van der Waals surface area contributed by atoms with Crippen LogP contribution >= 0.6 is 0 Å². The molecule has 0 spiro atoms. The highest BCUT2D eigenvalue weighted by molar-refractivity contribution is 6.04. The molecule has 1 heterocycles. The van der Waals surface area contributed by atoms with Gasteiger partial charge in [-0.15, -0.1) is 0 Å². The van der Waals surface area contributed by atoms with Gasteiger partial charge in [-0.25, -0.2) is 0 Å². The van der Waals surface area contributed by atoms with Crippen LogP contribution in [0, 0.1) is 0 Å². The first kappa shape index (κ1) is 16.0. The molecule has 0 unspecified atom stereocenters. The molecule has 1 aromatic carbocycles. The number of para-hydroxylation sites is 1. The van der Waals surface area contributed by atoms with E-state index >= 15 is 0 Å². The fourth-order valence-corrected chi connectivity index (χ4v) is 2.07. The predicted octanol–water partition coefficient (Wildman–Crippen LogP) is 0.409. The second kappa shape index (κ2) is 8.14. The first-order chi connectivity index (χ1) is 10.7. The third-order valence-electron chi connectivity index (χ3n) is 3.20. The molecular formula is C15H21N5O2. The van der Waals surface area contributed by atoms with Crippen molar-refractivity contribution in [3.8, 4) is 0 Å². The topological polar surface area (TPSA) is 98.9 Å². The molecule has 1 aromatic heterocycles. The van der Waals surface area contributed by atoms with Crippen LogP contribution in [0.1, 0.15) is 23.8 Å². The number of H-pyrrole nitrogens is 1. The number of benzene rings is 1. The van der Waals surface area contributed by atoms with Crippen molar-refractivity contribution in [2.45, 2.75) is 13.3 Å². The molecule has 0 saturated heterocycles. The maximum absolute atomic E-state index is 12.1. The van der Waals surface area contributed by atoms with Crippen LogP contribution in [-0.4, -0.2) is 48.2 Å². The molecule has 0 bridgehead atoms. The van der Waals surface area contributed by atoms with E-state index in [0.717, 1.165) is 24.0 Å². The number of aromatic amines is 1. The Hall–Kier alpha value is -2.41. The largest absolute Gasteiger partial charge is 0.355 e. The molecule has 0 radical (unpaired) electrons. The van der Waals surface area contributed by atoms with Crippen LogP contribution in [0.5, 0.6) is 0 Å². The number of rotatable bonds is 8. The Labute approximate surface area is 128 Å². The van der Waals surface area contributed by atoms with Gasteiger partial charge in [-0.1, -0.05) is 25.1 Å². The Morgan fingerprint density at radius 2 is 1.95 bits per heavy atom. The molecule has 0 aliphatic heterocycles. The molecule has 2 amide bonds. The first-order valence-electron chi connectivity index (χ1n) is 7.41. The van der Waals surface area contributed by atoms with Crippen LogP contribution in [0.4, 0.5) is 0 Å². The number of fused-ring (bicyclic) bond motifs is 1. The lowest BCUT2D eigenvalue weighted by atomic mass is 10.2. The van der Waals surface area contributed by atoms with Crippen LogP contribution in [0.15, 0.2) is 24.3 Å². The number of likely N-dealkylation sites (N-methyl/N-ethyl adjacent to an activating group) is 1. The third-order valence-corrected chi connectivity index (χ3v) is 3.20. The maximum Gasteiger partial charge on any atom is 0.272 e. The van der Waals surface area contributed by atoms with Crippen molar-refractivity contribution in [2.75, 3.05) is 26.2 Å². The highest BCUT2D eigenvalue weighted by Gasteiger charge is 2.13. The Bertz CT molecular complexity index is 638. The molecule has 22 heavy (non-hydrogen) atoms. The summed E-state index contributed by atoms with van der Waals surface area (Å²) < 4.78 is 0. The third kappa shape index (κ3) is 4.29. The van der Waals surface area contributed by atoms with Crippen molar-refractivity contribution in [3.63, 3.8) is 0 Å². The molecule has 0 aliphatic carbocycles. The number of nitrogens with one attached hydrogen (secondary N) is 4. The quantitative estimate of drug-likeness (QED) is 0.531. The van der Waals surface area contributed by atoms with Crippen molar-refractivity contribution in [2.24, 2.45) is 0 Å². The average molecular weight is 303 g/mol. The monoisotopic (exact) mass is 303 g/mol. The summed E-state index contributed by atoms with van der Waals surface area (Å²) in [6, 6.07) is 7.42. The van der Waals surface area contributed by atoms with Crippen LogP contribution in [0.2, 0.25) is 0 Å². The van der Waals surface area contributed by atoms with E-state index in [1.807, 2.05) is 31.2 Å². The second-order valence-corrected chi connectivity index (χ2v) is 4.83. The maximum atomic E-state index is 12.1. The van der Waals surface area contributed by atoms with Gasteiger partial charge in [0.2, 0.25) is 5.91 Å². The molecule has 0 aliphatic rings. The molecule has 2 rings (SSSR count). The van der Waals surface area contributed by atoms with Crippen molar-refractivity contribution in [3.05, 3.63) is 30.0 Å². The summed E-state index contributed by atoms with van der Waals surface area (Å²) in [4.78, 5) is 23.6. The highest BCUT2D eigenvalue weighted by atomic mass is 16.2. The van der Waals surface area contributed by atoms with Gasteiger partial charge in [0.1, 0.15) is 0 Å². The molecule has 118 valence electrons. The molecule has 7 nitrogen and oxygen atoms in total. The zero-order valence-corrected chi connectivity index (χ0v) is 12.6. The number of carbonyl (C=O) groups excluding carboxylic acids is 2. The zero-order valence-electron chi connectivity index (χ0n) is 12.6. The molecule has 4 N–H and O–H groups in total.